The Morgan fingerprint density at radius 3 is 2.80 bits per heavy atom. The van der Waals surface area contributed by atoms with E-state index >= 15 is 0 Å². The number of unbranched alkanes of at least 4 members (excludes halogenated alkanes) is 1. The molecule has 0 radical (unpaired) electrons. The fourth-order valence-electron chi connectivity index (χ4n) is 5.07. The van der Waals surface area contributed by atoms with E-state index in [2.05, 4.69) is 43.0 Å². The van der Waals surface area contributed by atoms with Gasteiger partial charge in [-0.3, -0.25) is 0 Å². The normalized spacial score (nSPS) is 28.6. The van der Waals surface area contributed by atoms with E-state index in [4.69, 9.17) is 10.5 Å². The molecule has 3 aliphatic rings. The highest BCUT2D eigenvalue weighted by molar-refractivity contribution is 5.42. The third-order valence-electron chi connectivity index (χ3n) is 7.00. The van der Waals surface area contributed by atoms with E-state index in [9.17, 15) is 0 Å². The lowest BCUT2D eigenvalue weighted by Gasteiger charge is -2.37. The summed E-state index contributed by atoms with van der Waals surface area (Å²) < 4.78 is 8.58. The smallest absolute Gasteiger partial charge is 0.221 e. The monoisotopic (exact) mass is 411 g/mol. The topological polar surface area (TPSA) is 95.0 Å². The second kappa shape index (κ2) is 8.49. The van der Waals surface area contributed by atoms with Crippen LogP contribution in [-0.2, 0) is 11.2 Å². The SMILES string of the molecule is CCCCc1cn([C@@H]2C[C@@H]3CN(c4ccnc(N)n4)C[C@@H]3C[C@H]2OCC2CC2)nn1. The minimum Gasteiger partial charge on any atom is -0.376 e. The standard InChI is InChI=1S/C22H33N7O/c1-2-3-4-18-13-29(27-26-18)19-9-16-11-28(21-7-8-24-22(23)25-21)12-17(16)10-20(19)30-14-15-5-6-15/h7-8,13,15-17,19-20H,2-6,9-12,14H2,1H3,(H2,23,24,25)/t16-,17+,19-,20-/m1/s1. The van der Waals surface area contributed by atoms with Crippen LogP contribution in [-0.4, -0.2) is 50.8 Å². The highest BCUT2D eigenvalue weighted by Crippen LogP contribution is 2.44. The number of aryl methyl sites for hydroxylation is 1. The molecule has 1 aliphatic heterocycles. The van der Waals surface area contributed by atoms with Gasteiger partial charge in [0.2, 0.25) is 5.95 Å². The number of nitrogens with zero attached hydrogens (tertiary/aromatic N) is 6. The maximum atomic E-state index is 6.48. The van der Waals surface area contributed by atoms with Crippen LogP contribution in [0.15, 0.2) is 18.5 Å². The van der Waals surface area contributed by atoms with E-state index in [-0.39, 0.29) is 12.1 Å². The second-order valence-electron chi connectivity index (χ2n) is 9.35. The third kappa shape index (κ3) is 4.29. The number of hydrogen-bond acceptors (Lipinski definition) is 7. The Kier molecular flexibility index (Phi) is 5.58. The molecule has 2 aromatic heterocycles. The summed E-state index contributed by atoms with van der Waals surface area (Å²) in [5, 5.41) is 8.97. The van der Waals surface area contributed by atoms with Crippen LogP contribution in [0.1, 0.15) is 57.2 Å². The van der Waals surface area contributed by atoms with Crippen molar-refractivity contribution in [3.8, 4) is 0 Å². The van der Waals surface area contributed by atoms with Gasteiger partial charge >= 0.3 is 0 Å². The zero-order valence-corrected chi connectivity index (χ0v) is 17.9. The maximum absolute atomic E-state index is 6.48. The molecule has 0 unspecified atom stereocenters. The van der Waals surface area contributed by atoms with E-state index in [1.54, 1.807) is 6.20 Å². The molecule has 2 saturated carbocycles. The predicted molar refractivity (Wildman–Crippen MR) is 115 cm³/mol. The van der Waals surface area contributed by atoms with Gasteiger partial charge in [-0.25, -0.2) is 9.67 Å². The summed E-state index contributed by atoms with van der Waals surface area (Å²) in [6.07, 6.45) is 12.2. The molecule has 2 N–H and O–H groups in total. The molecule has 0 bridgehead atoms. The Bertz CT molecular complexity index is 852. The molecule has 8 nitrogen and oxygen atoms in total. The Morgan fingerprint density at radius 2 is 2.03 bits per heavy atom. The number of hydrogen-bond donors (Lipinski definition) is 1. The summed E-state index contributed by atoms with van der Waals surface area (Å²) in [6.45, 7) is 5.12. The number of rotatable bonds is 8. The van der Waals surface area contributed by atoms with Crippen molar-refractivity contribution in [1.29, 1.82) is 0 Å². The molecular formula is C22H33N7O. The van der Waals surface area contributed by atoms with Crippen LogP contribution in [0.2, 0.25) is 0 Å². The van der Waals surface area contributed by atoms with Gasteiger partial charge in [-0.2, -0.15) is 4.98 Å². The number of aromatic nitrogens is 5. The van der Waals surface area contributed by atoms with Gasteiger partial charge in [0, 0.05) is 32.1 Å². The molecule has 3 heterocycles. The number of ether oxygens (including phenoxy) is 1. The lowest BCUT2D eigenvalue weighted by atomic mass is 9.77. The molecule has 30 heavy (non-hydrogen) atoms. The van der Waals surface area contributed by atoms with Crippen LogP contribution in [0.25, 0.3) is 0 Å². The summed E-state index contributed by atoms with van der Waals surface area (Å²) in [6, 6.07) is 2.23. The molecule has 1 saturated heterocycles. The molecule has 0 aromatic carbocycles. The van der Waals surface area contributed by atoms with E-state index in [0.717, 1.165) is 62.8 Å². The maximum Gasteiger partial charge on any atom is 0.221 e. The van der Waals surface area contributed by atoms with Gasteiger partial charge < -0.3 is 15.4 Å². The van der Waals surface area contributed by atoms with Gasteiger partial charge in [-0.1, -0.05) is 18.6 Å². The lowest BCUT2D eigenvalue weighted by Crippen LogP contribution is -2.38. The van der Waals surface area contributed by atoms with Crippen molar-refractivity contribution in [2.45, 2.75) is 64.0 Å². The quantitative estimate of drug-likeness (QED) is 0.713. The molecule has 8 heteroatoms. The first-order valence-corrected chi connectivity index (χ1v) is 11.6. The second-order valence-corrected chi connectivity index (χ2v) is 9.35. The van der Waals surface area contributed by atoms with Crippen molar-refractivity contribution in [3.05, 3.63) is 24.2 Å². The van der Waals surface area contributed by atoms with Crippen molar-refractivity contribution < 1.29 is 4.74 Å². The highest BCUT2D eigenvalue weighted by atomic mass is 16.5. The fraction of sp³-hybridized carbons (Fsp3) is 0.727. The Balaban J connectivity index is 1.32. The molecule has 0 spiro atoms. The molecular weight excluding hydrogens is 378 g/mol. The minimum atomic E-state index is 0.211. The molecule has 2 aliphatic carbocycles. The third-order valence-corrected chi connectivity index (χ3v) is 7.00. The molecule has 5 rings (SSSR count). The average Bonchev–Trinajstić information content (AvgIpc) is 3.30. The van der Waals surface area contributed by atoms with Crippen LogP contribution in [0.5, 0.6) is 0 Å². The molecule has 2 aromatic rings. The van der Waals surface area contributed by atoms with Crippen molar-refractivity contribution in [1.82, 2.24) is 25.0 Å². The van der Waals surface area contributed by atoms with Crippen molar-refractivity contribution in [2.75, 3.05) is 30.3 Å². The van der Waals surface area contributed by atoms with Gasteiger partial charge in [-0.15, -0.1) is 5.10 Å². The summed E-state index contributed by atoms with van der Waals surface area (Å²) in [7, 11) is 0. The zero-order chi connectivity index (χ0) is 20.5. The highest BCUT2D eigenvalue weighted by Gasteiger charge is 2.44. The summed E-state index contributed by atoms with van der Waals surface area (Å²) >= 11 is 0. The summed E-state index contributed by atoms with van der Waals surface area (Å²) in [5.41, 5.74) is 6.92. The van der Waals surface area contributed by atoms with E-state index < -0.39 is 0 Å². The zero-order valence-electron chi connectivity index (χ0n) is 17.9. The molecule has 0 amide bonds. The van der Waals surface area contributed by atoms with E-state index in [1.165, 1.54) is 19.3 Å². The van der Waals surface area contributed by atoms with Crippen LogP contribution >= 0.6 is 0 Å². The van der Waals surface area contributed by atoms with Gasteiger partial charge in [0.25, 0.3) is 0 Å². The first kappa shape index (κ1) is 19.7. The predicted octanol–water partition coefficient (Wildman–Crippen LogP) is 2.88. The molecule has 3 fully saturated rings. The summed E-state index contributed by atoms with van der Waals surface area (Å²) in [5.74, 6) is 3.27. The average molecular weight is 412 g/mol. The van der Waals surface area contributed by atoms with Crippen molar-refractivity contribution >= 4 is 11.8 Å². The Labute approximate surface area is 178 Å². The van der Waals surface area contributed by atoms with Crippen molar-refractivity contribution in [3.63, 3.8) is 0 Å². The van der Waals surface area contributed by atoms with Gasteiger partial charge in [-0.05, 0) is 62.3 Å². The number of nitrogens with two attached hydrogens (primary N) is 1. The number of anilines is 2. The Hall–Kier alpha value is -2.22. The summed E-state index contributed by atoms with van der Waals surface area (Å²) in [4.78, 5) is 10.8. The molecule has 162 valence electrons. The van der Waals surface area contributed by atoms with Gasteiger partial charge in [0.05, 0.1) is 17.8 Å². The first-order chi connectivity index (χ1) is 14.7. The molecule has 4 atom stereocenters. The largest absolute Gasteiger partial charge is 0.376 e. The van der Waals surface area contributed by atoms with Gasteiger partial charge in [0.15, 0.2) is 0 Å². The van der Waals surface area contributed by atoms with Gasteiger partial charge in [0.1, 0.15) is 5.82 Å². The number of fused-ring (bicyclic) bond motifs is 1. The van der Waals surface area contributed by atoms with Crippen LogP contribution < -0.4 is 10.6 Å². The van der Waals surface area contributed by atoms with Crippen molar-refractivity contribution in [2.24, 2.45) is 17.8 Å². The lowest BCUT2D eigenvalue weighted by molar-refractivity contribution is -0.0375. The van der Waals surface area contributed by atoms with Crippen LogP contribution in [0.3, 0.4) is 0 Å². The fourth-order valence-corrected chi connectivity index (χ4v) is 5.07. The Morgan fingerprint density at radius 1 is 1.20 bits per heavy atom. The van der Waals surface area contributed by atoms with Crippen LogP contribution in [0.4, 0.5) is 11.8 Å². The van der Waals surface area contributed by atoms with E-state index in [1.807, 2.05) is 6.07 Å². The van der Waals surface area contributed by atoms with E-state index in [0.29, 0.717) is 17.8 Å². The number of nitrogen functional groups attached to an aromatic ring is 1. The van der Waals surface area contributed by atoms with Crippen LogP contribution in [0, 0.1) is 17.8 Å². The minimum absolute atomic E-state index is 0.211. The first-order valence-electron chi connectivity index (χ1n) is 11.6.